The van der Waals surface area contributed by atoms with Crippen molar-refractivity contribution in [1.29, 1.82) is 0 Å². The van der Waals surface area contributed by atoms with Crippen LogP contribution in [0.2, 0.25) is 0 Å². The van der Waals surface area contributed by atoms with Crippen LogP contribution in [0.3, 0.4) is 0 Å². The van der Waals surface area contributed by atoms with Crippen molar-refractivity contribution in [2.45, 2.75) is 5.44 Å². The van der Waals surface area contributed by atoms with Crippen LogP contribution in [-0.2, 0) is 48.8 Å². The smallest absolute Gasteiger partial charge is 0.201 e. The van der Waals surface area contributed by atoms with Gasteiger partial charge in [-0.25, -0.2) is 33.7 Å². The minimum atomic E-state index is -4.22. The number of hydrogen-bond acceptors (Lipinski definition) is 10. The lowest BCUT2D eigenvalue weighted by Crippen LogP contribution is -2.24. The maximum Gasteiger partial charge on any atom is 0.201 e. The second kappa shape index (κ2) is 9.57. The number of sulfone groups is 4. The van der Waals surface area contributed by atoms with Gasteiger partial charge in [0, 0.05) is 21.6 Å². The van der Waals surface area contributed by atoms with E-state index in [0.717, 1.165) is 0 Å². The minimum Gasteiger partial charge on any atom is -0.349 e. The predicted molar refractivity (Wildman–Crippen MR) is 96.0 cm³/mol. The van der Waals surface area contributed by atoms with Crippen LogP contribution < -0.4 is 0 Å². The molecule has 0 aliphatic carbocycles. The number of ether oxygens (including phenoxy) is 2. The first-order valence-corrected chi connectivity index (χ1v) is 13.1. The molecular weight excluding hydrogens is 432 g/mol. The molecule has 0 aromatic rings. The van der Waals surface area contributed by atoms with Gasteiger partial charge in [-0.15, -0.1) is 0 Å². The Labute approximate surface area is 153 Å². The van der Waals surface area contributed by atoms with Crippen LogP contribution in [0.5, 0.6) is 0 Å². The molecule has 1 unspecified atom stereocenters. The molecule has 10 nitrogen and oxygen atoms in total. The van der Waals surface area contributed by atoms with E-state index in [1.807, 2.05) is 0 Å². The topological polar surface area (TPSA) is 155 Å². The molecule has 0 saturated carbocycles. The fraction of sp³-hybridized carbons (Fsp3) is 0.333. The van der Waals surface area contributed by atoms with Gasteiger partial charge in [-0.1, -0.05) is 19.7 Å². The van der Waals surface area contributed by atoms with Gasteiger partial charge in [0.2, 0.25) is 9.84 Å². The van der Waals surface area contributed by atoms with E-state index >= 15 is 0 Å². The Bertz CT molecular complexity index is 967. The van der Waals surface area contributed by atoms with Crippen LogP contribution in [0.4, 0.5) is 0 Å². The van der Waals surface area contributed by atoms with Crippen molar-refractivity contribution in [3.63, 3.8) is 0 Å². The highest BCUT2D eigenvalue weighted by Gasteiger charge is 2.23. The zero-order valence-electron chi connectivity index (χ0n) is 13.4. The summed E-state index contributed by atoms with van der Waals surface area (Å²) in [6.07, 6.45) is 0.566. The van der Waals surface area contributed by atoms with Crippen LogP contribution in [0.15, 0.2) is 47.4 Å². The Morgan fingerprint density at radius 2 is 1.15 bits per heavy atom. The van der Waals surface area contributed by atoms with Crippen LogP contribution in [0.1, 0.15) is 0 Å². The molecule has 0 aromatic carbocycles. The SMILES string of the molecule is C=CS(=O)(=O)COCS(=O)(=O)C=CC(OCS(=O)(=O)C=C)S(=O)(=O)C=C. The van der Waals surface area contributed by atoms with E-state index in [2.05, 4.69) is 24.5 Å². The summed E-state index contributed by atoms with van der Waals surface area (Å²) in [5.41, 5.74) is -1.96. The molecule has 0 radical (unpaired) electrons. The first-order valence-electron chi connectivity index (χ1n) is 6.37. The lowest BCUT2D eigenvalue weighted by atomic mass is 10.7. The second-order valence-corrected chi connectivity index (χ2v) is 12.1. The maximum atomic E-state index is 11.8. The van der Waals surface area contributed by atoms with Gasteiger partial charge >= 0.3 is 0 Å². The van der Waals surface area contributed by atoms with E-state index in [1.165, 1.54) is 0 Å². The molecule has 0 amide bonds. The van der Waals surface area contributed by atoms with E-state index in [4.69, 9.17) is 4.74 Å². The first-order chi connectivity index (χ1) is 11.7. The molecule has 0 bridgehead atoms. The zero-order chi connectivity index (χ0) is 20.6. The van der Waals surface area contributed by atoms with Gasteiger partial charge in [-0.2, -0.15) is 0 Å². The van der Waals surface area contributed by atoms with Crippen molar-refractivity contribution in [1.82, 2.24) is 0 Å². The standard InChI is InChI=1S/C12H18O10S4/c1-4-23(13,14)9-21-10-25(17,18)8-7-12(26(19,20)6-3)22-11-24(15,16)5-2/h4-8,12H,1-3,9-11H2. The van der Waals surface area contributed by atoms with Crippen molar-refractivity contribution in [2.75, 3.05) is 17.8 Å². The van der Waals surface area contributed by atoms with Gasteiger partial charge in [0.15, 0.2) is 52.8 Å². The van der Waals surface area contributed by atoms with E-state index in [1.54, 1.807) is 0 Å². The summed E-state index contributed by atoms with van der Waals surface area (Å²) in [4.78, 5) is 0. The van der Waals surface area contributed by atoms with Crippen LogP contribution in [0.25, 0.3) is 0 Å². The average molecular weight is 451 g/mol. The molecule has 0 spiro atoms. The number of rotatable bonds is 13. The van der Waals surface area contributed by atoms with Crippen molar-refractivity contribution >= 4 is 39.3 Å². The summed E-state index contributed by atoms with van der Waals surface area (Å²) in [6.45, 7) is 9.05. The van der Waals surface area contributed by atoms with Crippen LogP contribution >= 0.6 is 0 Å². The van der Waals surface area contributed by atoms with Crippen LogP contribution in [0, 0.1) is 0 Å². The molecule has 0 fully saturated rings. The summed E-state index contributed by atoms with van der Waals surface area (Å²) in [5.74, 6) is -3.07. The highest BCUT2D eigenvalue weighted by atomic mass is 32.2. The Balaban J connectivity index is 5.27. The van der Waals surface area contributed by atoms with E-state index in [0.29, 0.717) is 27.7 Å². The van der Waals surface area contributed by atoms with Gasteiger partial charge in [0.1, 0.15) is 0 Å². The lowest BCUT2D eigenvalue weighted by molar-refractivity contribution is 0.177. The minimum absolute atomic E-state index is 0.403. The molecule has 150 valence electrons. The summed E-state index contributed by atoms with van der Waals surface area (Å²) in [7, 11) is -16.1. The Morgan fingerprint density at radius 1 is 0.692 bits per heavy atom. The predicted octanol–water partition coefficient (Wildman–Crippen LogP) is -0.178. The highest BCUT2D eigenvalue weighted by Crippen LogP contribution is 2.11. The molecule has 0 heterocycles. The molecule has 14 heteroatoms. The molecule has 1 atom stereocenters. The second-order valence-electron chi connectivity index (χ2n) is 4.50. The first kappa shape index (κ1) is 24.7. The van der Waals surface area contributed by atoms with Crippen molar-refractivity contribution < 1.29 is 43.1 Å². The van der Waals surface area contributed by atoms with E-state index in [-0.39, 0.29) is 0 Å². The third-order valence-electron chi connectivity index (χ3n) is 2.40. The molecular formula is C12H18O10S4. The monoisotopic (exact) mass is 450 g/mol. The fourth-order valence-corrected chi connectivity index (χ4v) is 3.76. The Morgan fingerprint density at radius 3 is 1.62 bits per heavy atom. The lowest BCUT2D eigenvalue weighted by Gasteiger charge is -2.12. The van der Waals surface area contributed by atoms with Gasteiger partial charge in [-0.3, -0.25) is 0 Å². The Hall–Kier alpha value is -1.32. The highest BCUT2D eigenvalue weighted by molar-refractivity contribution is 7.96. The van der Waals surface area contributed by atoms with Crippen molar-refractivity contribution in [2.24, 2.45) is 0 Å². The summed E-state index contributed by atoms with van der Waals surface area (Å²) in [6, 6.07) is 0. The summed E-state index contributed by atoms with van der Waals surface area (Å²) >= 11 is 0. The fourth-order valence-electron chi connectivity index (χ4n) is 1.10. The van der Waals surface area contributed by atoms with Gasteiger partial charge in [0.05, 0.1) is 0 Å². The molecule has 0 saturated heterocycles. The van der Waals surface area contributed by atoms with E-state index < -0.39 is 62.6 Å². The molecule has 0 N–H and O–H groups in total. The van der Waals surface area contributed by atoms with Crippen molar-refractivity contribution in [3.05, 3.63) is 47.4 Å². The van der Waals surface area contributed by atoms with Gasteiger partial charge < -0.3 is 9.47 Å². The third-order valence-corrected chi connectivity index (χ3v) is 6.85. The van der Waals surface area contributed by atoms with E-state index in [9.17, 15) is 33.7 Å². The quantitative estimate of drug-likeness (QED) is 0.369. The molecule has 0 aliphatic heterocycles. The third kappa shape index (κ3) is 9.40. The van der Waals surface area contributed by atoms with Crippen molar-refractivity contribution in [3.8, 4) is 0 Å². The van der Waals surface area contributed by atoms with Gasteiger partial charge in [-0.05, 0) is 6.08 Å². The van der Waals surface area contributed by atoms with Gasteiger partial charge in [0.25, 0.3) is 0 Å². The molecule has 26 heavy (non-hydrogen) atoms. The average Bonchev–Trinajstić information content (AvgIpc) is 2.54. The Kier molecular flexibility index (Phi) is 9.08. The summed E-state index contributed by atoms with van der Waals surface area (Å²) < 4.78 is 101. The normalized spacial score (nSPS) is 14.8. The molecule has 0 rings (SSSR count). The summed E-state index contributed by atoms with van der Waals surface area (Å²) in [5, 5.41) is 1.98. The molecule has 0 aliphatic rings. The molecule has 0 aromatic heterocycles. The number of hydrogen-bond donors (Lipinski definition) is 0. The largest absolute Gasteiger partial charge is 0.349 e. The zero-order valence-corrected chi connectivity index (χ0v) is 16.7. The van der Waals surface area contributed by atoms with Crippen LogP contribution in [-0.4, -0.2) is 56.9 Å². The maximum absolute atomic E-state index is 11.8.